The van der Waals surface area contributed by atoms with Crippen LogP contribution in [-0.2, 0) is 0 Å². The maximum absolute atomic E-state index is 6.03. The molecular weight excluding hydrogens is 274 g/mol. The zero-order valence-corrected chi connectivity index (χ0v) is 11.0. The number of nitrogens with zero attached hydrogens (tertiary/aromatic N) is 5. The fraction of sp³-hybridized carbons (Fsp3) is 0. The molecule has 0 atom stereocenters. The van der Waals surface area contributed by atoms with Gasteiger partial charge in [-0.15, -0.1) is 10.2 Å². The lowest BCUT2D eigenvalue weighted by Crippen LogP contribution is -1.92. The topological polar surface area (TPSA) is 56.0 Å². The molecule has 1 aromatic carbocycles. The largest absolute Gasteiger partial charge is 0.278 e. The summed E-state index contributed by atoms with van der Waals surface area (Å²) < 4.78 is 1.82. The zero-order chi connectivity index (χ0) is 13.5. The fourth-order valence-electron chi connectivity index (χ4n) is 2.26. The molecule has 0 bridgehead atoms. The monoisotopic (exact) mass is 281 g/mol. The third kappa shape index (κ3) is 1.57. The second kappa shape index (κ2) is 4.25. The van der Waals surface area contributed by atoms with Gasteiger partial charge in [0.05, 0.1) is 5.52 Å². The maximum Gasteiger partial charge on any atom is 0.198 e. The van der Waals surface area contributed by atoms with Crippen LogP contribution in [0.15, 0.2) is 48.9 Å². The van der Waals surface area contributed by atoms with E-state index < -0.39 is 0 Å². The Balaban J connectivity index is 2.09. The number of halogens is 1. The molecular formula is C14H8ClN5. The van der Waals surface area contributed by atoms with E-state index in [1.807, 2.05) is 34.7 Å². The van der Waals surface area contributed by atoms with Crippen molar-refractivity contribution in [2.24, 2.45) is 0 Å². The highest BCUT2D eigenvalue weighted by atomic mass is 35.5. The number of aromatic nitrogens is 5. The minimum absolute atomic E-state index is 0.333. The first-order valence-corrected chi connectivity index (χ1v) is 6.42. The molecule has 0 saturated carbocycles. The molecule has 3 heterocycles. The van der Waals surface area contributed by atoms with E-state index in [0.717, 1.165) is 16.5 Å². The van der Waals surface area contributed by atoms with Gasteiger partial charge in [0, 0.05) is 29.5 Å². The van der Waals surface area contributed by atoms with Crippen LogP contribution in [-0.4, -0.2) is 24.6 Å². The molecule has 4 aromatic rings. The minimum atomic E-state index is 0.333. The molecule has 96 valence electrons. The van der Waals surface area contributed by atoms with Crippen molar-refractivity contribution in [1.29, 1.82) is 0 Å². The molecule has 0 saturated heterocycles. The summed E-state index contributed by atoms with van der Waals surface area (Å²) >= 11 is 6.03. The van der Waals surface area contributed by atoms with Gasteiger partial charge < -0.3 is 0 Å². The summed E-state index contributed by atoms with van der Waals surface area (Å²) in [5.41, 5.74) is 2.34. The number of pyridine rings is 1. The summed E-state index contributed by atoms with van der Waals surface area (Å²) in [6, 6.07) is 9.89. The number of hydrogen-bond acceptors (Lipinski definition) is 4. The van der Waals surface area contributed by atoms with Gasteiger partial charge in [-0.3, -0.25) is 9.38 Å². The van der Waals surface area contributed by atoms with Gasteiger partial charge in [-0.05, 0) is 12.1 Å². The van der Waals surface area contributed by atoms with Crippen LogP contribution in [0.5, 0.6) is 0 Å². The lowest BCUT2D eigenvalue weighted by atomic mass is 10.1. The molecule has 0 fully saturated rings. The molecule has 4 rings (SSSR count). The van der Waals surface area contributed by atoms with Crippen LogP contribution >= 0.6 is 11.6 Å². The van der Waals surface area contributed by atoms with Crippen LogP contribution in [0.1, 0.15) is 0 Å². The standard InChI is InChI=1S/C14H8ClN5/c15-12-14-19-18-13(20(14)8-7-17-12)10-5-1-3-9-4-2-6-16-11(9)10/h1-8H. The first-order chi connectivity index (χ1) is 9.84. The molecule has 0 aliphatic rings. The summed E-state index contributed by atoms with van der Waals surface area (Å²) in [6.45, 7) is 0. The molecule has 0 radical (unpaired) electrons. The molecule has 3 aromatic heterocycles. The molecule has 0 aliphatic heterocycles. The van der Waals surface area contributed by atoms with Gasteiger partial charge in [-0.25, -0.2) is 4.98 Å². The van der Waals surface area contributed by atoms with Gasteiger partial charge in [0.25, 0.3) is 0 Å². The lowest BCUT2D eigenvalue weighted by Gasteiger charge is -2.04. The van der Waals surface area contributed by atoms with Crippen molar-refractivity contribution in [3.63, 3.8) is 0 Å². The first kappa shape index (κ1) is 11.3. The van der Waals surface area contributed by atoms with Crippen molar-refractivity contribution in [2.45, 2.75) is 0 Å². The van der Waals surface area contributed by atoms with Gasteiger partial charge >= 0.3 is 0 Å². The molecule has 0 amide bonds. The Morgan fingerprint density at radius 3 is 2.80 bits per heavy atom. The third-order valence-electron chi connectivity index (χ3n) is 3.16. The van der Waals surface area contributed by atoms with Crippen LogP contribution in [0.2, 0.25) is 5.15 Å². The van der Waals surface area contributed by atoms with Crippen LogP contribution in [0.3, 0.4) is 0 Å². The highest BCUT2D eigenvalue weighted by molar-refractivity contribution is 6.32. The highest BCUT2D eigenvalue weighted by Gasteiger charge is 2.13. The quantitative estimate of drug-likeness (QED) is 0.538. The van der Waals surface area contributed by atoms with E-state index in [9.17, 15) is 0 Å². The summed E-state index contributed by atoms with van der Waals surface area (Å²) in [7, 11) is 0. The summed E-state index contributed by atoms with van der Waals surface area (Å²) in [5.74, 6) is 0.702. The van der Waals surface area contributed by atoms with Crippen LogP contribution < -0.4 is 0 Å². The Bertz CT molecular complexity index is 926. The molecule has 0 aliphatic carbocycles. The number of benzene rings is 1. The van der Waals surface area contributed by atoms with Gasteiger partial charge in [0.1, 0.15) is 0 Å². The Labute approximate surface area is 118 Å². The maximum atomic E-state index is 6.03. The van der Waals surface area contributed by atoms with Crippen molar-refractivity contribution in [3.8, 4) is 11.4 Å². The first-order valence-electron chi connectivity index (χ1n) is 6.04. The molecule has 0 N–H and O–H groups in total. The molecule has 5 nitrogen and oxygen atoms in total. The Hall–Kier alpha value is -2.53. The normalized spacial score (nSPS) is 11.2. The highest BCUT2D eigenvalue weighted by Crippen LogP contribution is 2.26. The van der Waals surface area contributed by atoms with Crippen LogP contribution in [0.4, 0.5) is 0 Å². The zero-order valence-electron chi connectivity index (χ0n) is 10.2. The van der Waals surface area contributed by atoms with E-state index in [1.54, 1.807) is 18.6 Å². The van der Waals surface area contributed by atoms with E-state index >= 15 is 0 Å². The minimum Gasteiger partial charge on any atom is -0.278 e. The SMILES string of the molecule is Clc1nccn2c(-c3cccc4cccnc34)nnc12. The van der Waals surface area contributed by atoms with Crippen molar-refractivity contribution < 1.29 is 0 Å². The van der Waals surface area contributed by atoms with Gasteiger partial charge in [0.2, 0.25) is 0 Å². The average Bonchev–Trinajstić information content (AvgIpc) is 2.92. The molecule has 0 spiro atoms. The summed E-state index contributed by atoms with van der Waals surface area (Å²) in [5, 5.41) is 9.71. The van der Waals surface area contributed by atoms with Gasteiger partial charge in [-0.2, -0.15) is 0 Å². The number of fused-ring (bicyclic) bond motifs is 2. The Morgan fingerprint density at radius 2 is 1.85 bits per heavy atom. The van der Waals surface area contributed by atoms with E-state index in [0.29, 0.717) is 16.6 Å². The second-order valence-corrected chi connectivity index (χ2v) is 4.67. The predicted molar refractivity (Wildman–Crippen MR) is 76.5 cm³/mol. The molecule has 6 heteroatoms. The Kier molecular flexibility index (Phi) is 2.40. The average molecular weight is 282 g/mol. The Morgan fingerprint density at radius 1 is 0.950 bits per heavy atom. The summed E-state index contributed by atoms with van der Waals surface area (Å²) in [4.78, 5) is 8.44. The van der Waals surface area contributed by atoms with Crippen molar-refractivity contribution in [3.05, 3.63) is 54.1 Å². The predicted octanol–water partition coefficient (Wildman–Crippen LogP) is 2.99. The van der Waals surface area contributed by atoms with Crippen LogP contribution in [0.25, 0.3) is 27.9 Å². The van der Waals surface area contributed by atoms with Crippen LogP contribution in [0, 0.1) is 0 Å². The van der Waals surface area contributed by atoms with E-state index in [2.05, 4.69) is 20.2 Å². The molecule has 20 heavy (non-hydrogen) atoms. The molecule has 0 unspecified atom stereocenters. The van der Waals surface area contributed by atoms with Gasteiger partial charge in [-0.1, -0.05) is 29.8 Å². The van der Waals surface area contributed by atoms with E-state index in [4.69, 9.17) is 11.6 Å². The third-order valence-corrected chi connectivity index (χ3v) is 3.42. The fourth-order valence-corrected chi connectivity index (χ4v) is 2.45. The smallest absolute Gasteiger partial charge is 0.198 e. The van der Waals surface area contributed by atoms with Crippen molar-refractivity contribution in [2.75, 3.05) is 0 Å². The summed E-state index contributed by atoms with van der Waals surface area (Å²) in [6.07, 6.45) is 5.18. The van der Waals surface area contributed by atoms with E-state index in [-0.39, 0.29) is 0 Å². The van der Waals surface area contributed by atoms with Gasteiger partial charge in [0.15, 0.2) is 16.6 Å². The number of para-hydroxylation sites is 1. The van der Waals surface area contributed by atoms with Crippen molar-refractivity contribution >= 4 is 28.2 Å². The number of rotatable bonds is 1. The number of hydrogen-bond donors (Lipinski definition) is 0. The lowest BCUT2D eigenvalue weighted by molar-refractivity contribution is 1.11. The van der Waals surface area contributed by atoms with E-state index in [1.165, 1.54) is 0 Å². The second-order valence-electron chi connectivity index (χ2n) is 4.32. The van der Waals surface area contributed by atoms with Crippen molar-refractivity contribution in [1.82, 2.24) is 24.6 Å².